The summed E-state index contributed by atoms with van der Waals surface area (Å²) in [6.07, 6.45) is 5.98. The van der Waals surface area contributed by atoms with Crippen LogP contribution in [0.1, 0.15) is 44.6 Å². The van der Waals surface area contributed by atoms with Crippen molar-refractivity contribution in [3.8, 4) is 0 Å². The zero-order chi connectivity index (χ0) is 13.0. The van der Waals surface area contributed by atoms with Gasteiger partial charge in [-0.3, -0.25) is 11.3 Å². The molecule has 2 heteroatoms. The van der Waals surface area contributed by atoms with Crippen LogP contribution >= 0.6 is 0 Å². The van der Waals surface area contributed by atoms with Crippen LogP contribution in [0.25, 0.3) is 0 Å². The third kappa shape index (κ3) is 2.50. The largest absolute Gasteiger partial charge is 0.271 e. The highest BCUT2D eigenvalue weighted by atomic mass is 15.2. The van der Waals surface area contributed by atoms with Crippen molar-refractivity contribution in [2.45, 2.75) is 50.5 Å². The first-order valence-corrected chi connectivity index (χ1v) is 6.85. The lowest BCUT2D eigenvalue weighted by Gasteiger charge is -2.38. The minimum Gasteiger partial charge on any atom is -0.271 e. The molecule has 0 saturated heterocycles. The van der Waals surface area contributed by atoms with E-state index in [1.54, 1.807) is 0 Å². The van der Waals surface area contributed by atoms with Gasteiger partial charge in [-0.05, 0) is 31.7 Å². The molecule has 0 aliphatic heterocycles. The van der Waals surface area contributed by atoms with E-state index in [2.05, 4.69) is 49.3 Å². The molecular formula is C16H24N2. The zero-order valence-electron chi connectivity index (χ0n) is 11.3. The molecule has 3 N–H and O–H groups in total. The van der Waals surface area contributed by atoms with Crippen molar-refractivity contribution in [1.82, 2.24) is 5.43 Å². The van der Waals surface area contributed by atoms with Gasteiger partial charge in [-0.2, -0.15) is 0 Å². The fraction of sp³-hybridized carbons (Fsp3) is 0.500. The van der Waals surface area contributed by atoms with E-state index in [1.165, 1.54) is 36.8 Å². The molecule has 1 aliphatic carbocycles. The van der Waals surface area contributed by atoms with E-state index in [9.17, 15) is 0 Å². The smallest absolute Gasteiger partial charge is 0.0344 e. The highest BCUT2D eigenvalue weighted by Crippen LogP contribution is 2.45. The van der Waals surface area contributed by atoms with Crippen LogP contribution in [0.15, 0.2) is 42.5 Å². The molecule has 0 aromatic heterocycles. The highest BCUT2D eigenvalue weighted by molar-refractivity contribution is 5.30. The summed E-state index contributed by atoms with van der Waals surface area (Å²) >= 11 is 0. The maximum absolute atomic E-state index is 5.83. The van der Waals surface area contributed by atoms with Crippen molar-refractivity contribution in [2.75, 3.05) is 0 Å². The fourth-order valence-electron chi connectivity index (χ4n) is 3.38. The number of benzene rings is 1. The van der Waals surface area contributed by atoms with E-state index in [1.807, 2.05) is 0 Å². The normalized spacial score (nSPS) is 19.7. The lowest BCUT2D eigenvalue weighted by Crippen LogP contribution is -2.50. The van der Waals surface area contributed by atoms with E-state index < -0.39 is 0 Å². The van der Waals surface area contributed by atoms with Crippen molar-refractivity contribution in [2.24, 2.45) is 5.84 Å². The molecule has 2 rings (SSSR count). The average Bonchev–Trinajstić information content (AvgIpc) is 2.87. The second kappa shape index (κ2) is 5.68. The standard InChI is InChI=1S/C16H24N2/c1-13(2)12-15(18-17)16(10-6-7-11-16)14-8-4-3-5-9-14/h3-5,8-9,15,18H,1,6-7,10-12,17H2,2H3. The van der Waals surface area contributed by atoms with Gasteiger partial charge in [-0.1, -0.05) is 48.7 Å². The van der Waals surface area contributed by atoms with E-state index in [-0.39, 0.29) is 5.41 Å². The molecule has 1 atom stereocenters. The number of nitrogens with two attached hydrogens (primary N) is 1. The summed E-state index contributed by atoms with van der Waals surface area (Å²) in [5.74, 6) is 5.83. The van der Waals surface area contributed by atoms with Crippen LogP contribution in [0, 0.1) is 0 Å². The predicted molar refractivity (Wildman–Crippen MR) is 77.1 cm³/mol. The number of nitrogens with one attached hydrogen (secondary N) is 1. The van der Waals surface area contributed by atoms with E-state index in [0.29, 0.717) is 6.04 Å². The second-order valence-electron chi connectivity index (χ2n) is 5.61. The molecule has 0 amide bonds. The van der Waals surface area contributed by atoms with Crippen molar-refractivity contribution in [3.05, 3.63) is 48.0 Å². The van der Waals surface area contributed by atoms with Gasteiger partial charge in [-0.15, -0.1) is 6.58 Å². The number of hydrogen-bond donors (Lipinski definition) is 2. The summed E-state index contributed by atoms with van der Waals surface area (Å²) in [5, 5.41) is 0. The van der Waals surface area contributed by atoms with Gasteiger partial charge in [0.05, 0.1) is 0 Å². The van der Waals surface area contributed by atoms with Gasteiger partial charge >= 0.3 is 0 Å². The number of hydrazine groups is 1. The Balaban J connectivity index is 2.34. The Bertz CT molecular complexity index is 391. The lowest BCUT2D eigenvalue weighted by atomic mass is 9.71. The first-order valence-electron chi connectivity index (χ1n) is 6.85. The topological polar surface area (TPSA) is 38.0 Å². The average molecular weight is 244 g/mol. The summed E-state index contributed by atoms with van der Waals surface area (Å²) < 4.78 is 0. The van der Waals surface area contributed by atoms with Crippen LogP contribution in [0.3, 0.4) is 0 Å². The number of rotatable bonds is 5. The monoisotopic (exact) mass is 244 g/mol. The Morgan fingerprint density at radius 3 is 2.44 bits per heavy atom. The van der Waals surface area contributed by atoms with Gasteiger partial charge in [0, 0.05) is 11.5 Å². The van der Waals surface area contributed by atoms with E-state index in [4.69, 9.17) is 5.84 Å². The minimum absolute atomic E-state index is 0.189. The Kier molecular flexibility index (Phi) is 4.20. The quantitative estimate of drug-likeness (QED) is 0.474. The summed E-state index contributed by atoms with van der Waals surface area (Å²) in [5.41, 5.74) is 5.86. The molecule has 1 saturated carbocycles. The SMILES string of the molecule is C=C(C)CC(NN)C1(c2ccccc2)CCCC1. The van der Waals surface area contributed by atoms with Crippen LogP contribution in [0.2, 0.25) is 0 Å². The third-order valence-electron chi connectivity index (χ3n) is 4.27. The Morgan fingerprint density at radius 1 is 1.33 bits per heavy atom. The number of hydrogen-bond acceptors (Lipinski definition) is 2. The van der Waals surface area contributed by atoms with E-state index in [0.717, 1.165) is 6.42 Å². The summed E-state index contributed by atoms with van der Waals surface area (Å²) in [6.45, 7) is 6.12. The first-order chi connectivity index (χ1) is 8.69. The van der Waals surface area contributed by atoms with Gasteiger partial charge < -0.3 is 0 Å². The minimum atomic E-state index is 0.189. The molecule has 1 fully saturated rings. The predicted octanol–water partition coefficient (Wildman–Crippen LogP) is 3.30. The van der Waals surface area contributed by atoms with Crippen molar-refractivity contribution >= 4 is 0 Å². The Labute approximate surface area is 110 Å². The molecular weight excluding hydrogens is 220 g/mol. The van der Waals surface area contributed by atoms with Crippen molar-refractivity contribution in [1.29, 1.82) is 0 Å². The summed E-state index contributed by atoms with van der Waals surface area (Å²) in [7, 11) is 0. The van der Waals surface area contributed by atoms with Crippen LogP contribution in [-0.2, 0) is 5.41 Å². The Hall–Kier alpha value is -1.12. The lowest BCUT2D eigenvalue weighted by molar-refractivity contribution is 0.296. The Morgan fingerprint density at radius 2 is 1.94 bits per heavy atom. The third-order valence-corrected chi connectivity index (χ3v) is 4.27. The van der Waals surface area contributed by atoms with Crippen LogP contribution < -0.4 is 11.3 Å². The molecule has 18 heavy (non-hydrogen) atoms. The van der Waals surface area contributed by atoms with Crippen LogP contribution in [-0.4, -0.2) is 6.04 Å². The maximum atomic E-state index is 5.83. The summed E-state index contributed by atoms with van der Waals surface area (Å²) in [4.78, 5) is 0. The van der Waals surface area contributed by atoms with E-state index >= 15 is 0 Å². The fourth-order valence-corrected chi connectivity index (χ4v) is 3.38. The molecule has 0 bridgehead atoms. The molecule has 1 aliphatic rings. The van der Waals surface area contributed by atoms with Gasteiger partial charge in [-0.25, -0.2) is 0 Å². The van der Waals surface area contributed by atoms with Gasteiger partial charge in [0.15, 0.2) is 0 Å². The first kappa shape index (κ1) is 13.3. The molecule has 2 nitrogen and oxygen atoms in total. The molecule has 98 valence electrons. The highest BCUT2D eigenvalue weighted by Gasteiger charge is 2.41. The molecule has 1 aromatic carbocycles. The van der Waals surface area contributed by atoms with Crippen molar-refractivity contribution < 1.29 is 0 Å². The molecule has 0 spiro atoms. The van der Waals surface area contributed by atoms with Crippen LogP contribution in [0.5, 0.6) is 0 Å². The van der Waals surface area contributed by atoms with Gasteiger partial charge in [0.2, 0.25) is 0 Å². The van der Waals surface area contributed by atoms with Crippen molar-refractivity contribution in [3.63, 3.8) is 0 Å². The maximum Gasteiger partial charge on any atom is 0.0344 e. The zero-order valence-corrected chi connectivity index (χ0v) is 11.3. The van der Waals surface area contributed by atoms with Crippen LogP contribution in [0.4, 0.5) is 0 Å². The van der Waals surface area contributed by atoms with Gasteiger partial charge in [0.1, 0.15) is 0 Å². The van der Waals surface area contributed by atoms with Gasteiger partial charge in [0.25, 0.3) is 0 Å². The molecule has 1 aromatic rings. The molecule has 1 unspecified atom stereocenters. The summed E-state index contributed by atoms with van der Waals surface area (Å²) in [6, 6.07) is 11.1. The second-order valence-corrected chi connectivity index (χ2v) is 5.61. The molecule has 0 heterocycles. The molecule has 0 radical (unpaired) electrons.